The first-order valence-corrected chi connectivity index (χ1v) is 10.1. The standard InChI is InChI=1S/C19H35N3O/c1-16-7-6-8-17(2)22(16)19(23)15-20-13-9-18(10-14-20)21-11-4-3-5-12-21/h16-18H,3-15H2,1-2H3/p+2/t16-,17-/m0/s1. The smallest absolute Gasteiger partial charge is 0.278 e. The van der Waals surface area contributed by atoms with Crippen molar-refractivity contribution in [2.75, 3.05) is 32.7 Å². The van der Waals surface area contributed by atoms with Crippen LogP contribution in [0.4, 0.5) is 0 Å². The van der Waals surface area contributed by atoms with E-state index in [1.54, 1.807) is 0 Å². The van der Waals surface area contributed by atoms with E-state index >= 15 is 0 Å². The van der Waals surface area contributed by atoms with Crippen molar-refractivity contribution in [1.29, 1.82) is 0 Å². The second-order valence-corrected chi connectivity index (χ2v) is 8.35. The summed E-state index contributed by atoms with van der Waals surface area (Å²) in [7, 11) is 0. The van der Waals surface area contributed by atoms with Crippen molar-refractivity contribution in [3.63, 3.8) is 0 Å². The average Bonchev–Trinajstić information content (AvgIpc) is 2.56. The Kier molecular flexibility index (Phi) is 5.97. The Labute approximate surface area is 142 Å². The van der Waals surface area contributed by atoms with Crippen molar-refractivity contribution in [3.05, 3.63) is 0 Å². The lowest BCUT2D eigenvalue weighted by Crippen LogP contribution is -3.21. The van der Waals surface area contributed by atoms with Gasteiger partial charge in [-0.3, -0.25) is 4.79 Å². The van der Waals surface area contributed by atoms with E-state index in [1.165, 1.54) is 82.4 Å². The Morgan fingerprint density at radius 1 is 0.870 bits per heavy atom. The van der Waals surface area contributed by atoms with E-state index in [0.29, 0.717) is 18.0 Å². The third-order valence-electron chi connectivity index (χ3n) is 6.65. The maximum atomic E-state index is 12.8. The molecule has 2 N–H and O–H groups in total. The zero-order valence-electron chi connectivity index (χ0n) is 15.3. The fourth-order valence-corrected chi connectivity index (χ4v) is 5.24. The van der Waals surface area contributed by atoms with Gasteiger partial charge in [0.25, 0.3) is 5.91 Å². The van der Waals surface area contributed by atoms with Crippen LogP contribution in [0.25, 0.3) is 0 Å². The fraction of sp³-hybridized carbons (Fsp3) is 0.947. The number of rotatable bonds is 3. The number of hydrogen-bond acceptors (Lipinski definition) is 1. The number of piperidine rings is 3. The molecule has 23 heavy (non-hydrogen) atoms. The zero-order chi connectivity index (χ0) is 16.2. The van der Waals surface area contributed by atoms with E-state index in [9.17, 15) is 4.79 Å². The number of nitrogens with zero attached hydrogens (tertiary/aromatic N) is 1. The van der Waals surface area contributed by atoms with Gasteiger partial charge in [0.15, 0.2) is 6.54 Å². The minimum absolute atomic E-state index is 0.406. The lowest BCUT2D eigenvalue weighted by atomic mass is 9.97. The second kappa shape index (κ2) is 7.98. The van der Waals surface area contributed by atoms with Crippen LogP contribution >= 0.6 is 0 Å². The molecular formula is C19H37N3O+2. The van der Waals surface area contributed by atoms with Crippen LogP contribution in [-0.2, 0) is 4.79 Å². The van der Waals surface area contributed by atoms with Crippen molar-refractivity contribution in [2.45, 2.75) is 83.3 Å². The maximum absolute atomic E-state index is 12.8. The summed E-state index contributed by atoms with van der Waals surface area (Å²) >= 11 is 0. The molecule has 3 rings (SSSR count). The van der Waals surface area contributed by atoms with Gasteiger partial charge in [-0.05, 0) is 52.4 Å². The van der Waals surface area contributed by atoms with E-state index in [-0.39, 0.29) is 0 Å². The van der Waals surface area contributed by atoms with Gasteiger partial charge < -0.3 is 14.7 Å². The summed E-state index contributed by atoms with van der Waals surface area (Å²) in [5, 5.41) is 0. The number of amides is 1. The SMILES string of the molecule is C[C@H]1CCC[C@H](C)N1C(=O)C[NH+]1CCC([NH+]2CCCCC2)CC1. The summed E-state index contributed by atoms with van der Waals surface area (Å²) in [4.78, 5) is 18.4. The molecule has 3 aliphatic heterocycles. The summed E-state index contributed by atoms with van der Waals surface area (Å²) in [5.74, 6) is 0.406. The molecule has 0 aromatic heterocycles. The predicted molar refractivity (Wildman–Crippen MR) is 92.8 cm³/mol. The highest BCUT2D eigenvalue weighted by atomic mass is 16.2. The van der Waals surface area contributed by atoms with Crippen LogP contribution in [0, 0.1) is 0 Å². The molecule has 0 aliphatic carbocycles. The maximum Gasteiger partial charge on any atom is 0.278 e. The van der Waals surface area contributed by atoms with Gasteiger partial charge in [-0.25, -0.2) is 0 Å². The average molecular weight is 324 g/mol. The van der Waals surface area contributed by atoms with Crippen LogP contribution in [0.5, 0.6) is 0 Å². The molecule has 4 heteroatoms. The van der Waals surface area contributed by atoms with Gasteiger partial charge in [-0.1, -0.05) is 0 Å². The second-order valence-electron chi connectivity index (χ2n) is 8.35. The summed E-state index contributed by atoms with van der Waals surface area (Å²) in [5.41, 5.74) is 0. The molecule has 0 spiro atoms. The van der Waals surface area contributed by atoms with Crippen LogP contribution in [0.2, 0.25) is 0 Å². The molecule has 1 amide bonds. The van der Waals surface area contributed by atoms with Crippen molar-refractivity contribution in [1.82, 2.24) is 4.90 Å². The highest BCUT2D eigenvalue weighted by Crippen LogP contribution is 2.22. The Morgan fingerprint density at radius 3 is 2.09 bits per heavy atom. The van der Waals surface area contributed by atoms with Crippen LogP contribution in [-0.4, -0.2) is 61.7 Å². The molecular weight excluding hydrogens is 286 g/mol. The molecule has 3 saturated heterocycles. The number of nitrogens with one attached hydrogen (secondary N) is 2. The number of likely N-dealkylation sites (tertiary alicyclic amines) is 3. The van der Waals surface area contributed by atoms with Gasteiger partial charge in [0, 0.05) is 24.9 Å². The van der Waals surface area contributed by atoms with Crippen LogP contribution in [0.1, 0.15) is 65.2 Å². The van der Waals surface area contributed by atoms with Crippen LogP contribution in [0.3, 0.4) is 0 Å². The molecule has 0 saturated carbocycles. The summed E-state index contributed by atoms with van der Waals surface area (Å²) in [6.07, 6.45) is 10.6. The lowest BCUT2D eigenvalue weighted by molar-refractivity contribution is -0.958. The highest BCUT2D eigenvalue weighted by molar-refractivity contribution is 5.77. The largest absolute Gasteiger partial charge is 0.332 e. The number of carbonyl (C=O) groups is 1. The van der Waals surface area contributed by atoms with E-state index < -0.39 is 0 Å². The van der Waals surface area contributed by atoms with Gasteiger partial charge in [0.05, 0.1) is 32.2 Å². The molecule has 3 aliphatic rings. The van der Waals surface area contributed by atoms with Gasteiger partial charge in [-0.2, -0.15) is 0 Å². The van der Waals surface area contributed by atoms with Crippen LogP contribution in [0.15, 0.2) is 0 Å². The van der Waals surface area contributed by atoms with Crippen molar-refractivity contribution >= 4 is 5.91 Å². The molecule has 0 radical (unpaired) electrons. The van der Waals surface area contributed by atoms with E-state index in [1.807, 2.05) is 4.90 Å². The molecule has 132 valence electrons. The summed E-state index contributed by atoms with van der Waals surface area (Å²) < 4.78 is 0. The normalized spacial score (nSPS) is 36.9. The van der Waals surface area contributed by atoms with Crippen LogP contribution < -0.4 is 9.80 Å². The molecule has 4 nitrogen and oxygen atoms in total. The molecule has 3 heterocycles. The number of hydrogen-bond donors (Lipinski definition) is 2. The minimum atomic E-state index is 0.406. The molecule has 0 bridgehead atoms. The molecule has 0 unspecified atom stereocenters. The fourth-order valence-electron chi connectivity index (χ4n) is 5.24. The van der Waals surface area contributed by atoms with Gasteiger partial charge in [0.2, 0.25) is 0 Å². The van der Waals surface area contributed by atoms with Crippen molar-refractivity contribution < 1.29 is 14.6 Å². The molecule has 3 fully saturated rings. The first kappa shape index (κ1) is 17.2. The predicted octanol–water partition coefficient (Wildman–Crippen LogP) is -0.108. The van der Waals surface area contributed by atoms with Crippen molar-refractivity contribution in [2.24, 2.45) is 0 Å². The number of carbonyl (C=O) groups excluding carboxylic acids is 1. The Balaban J connectivity index is 1.45. The first-order chi connectivity index (χ1) is 11.1. The Bertz CT molecular complexity index is 376. The van der Waals surface area contributed by atoms with Gasteiger partial charge in [0.1, 0.15) is 0 Å². The van der Waals surface area contributed by atoms with E-state index in [2.05, 4.69) is 18.7 Å². The Hall–Kier alpha value is -0.610. The number of quaternary nitrogens is 2. The van der Waals surface area contributed by atoms with Gasteiger partial charge >= 0.3 is 0 Å². The van der Waals surface area contributed by atoms with Crippen molar-refractivity contribution in [3.8, 4) is 0 Å². The molecule has 0 aromatic rings. The Morgan fingerprint density at radius 2 is 1.48 bits per heavy atom. The van der Waals surface area contributed by atoms with E-state index in [0.717, 1.165) is 12.6 Å². The third-order valence-corrected chi connectivity index (χ3v) is 6.65. The quantitative estimate of drug-likeness (QED) is 0.746. The topological polar surface area (TPSA) is 29.2 Å². The lowest BCUT2D eigenvalue weighted by Gasteiger charge is -2.40. The summed E-state index contributed by atoms with van der Waals surface area (Å²) in [6.45, 7) is 10.4. The zero-order valence-corrected chi connectivity index (χ0v) is 15.3. The molecule has 2 atom stereocenters. The minimum Gasteiger partial charge on any atom is -0.332 e. The monoisotopic (exact) mass is 323 g/mol. The molecule has 0 aromatic carbocycles. The van der Waals surface area contributed by atoms with E-state index in [4.69, 9.17) is 0 Å². The first-order valence-electron chi connectivity index (χ1n) is 10.1. The van der Waals surface area contributed by atoms with Gasteiger partial charge in [-0.15, -0.1) is 0 Å². The summed E-state index contributed by atoms with van der Waals surface area (Å²) in [6, 6.07) is 1.77. The third kappa shape index (κ3) is 4.27. The highest BCUT2D eigenvalue weighted by Gasteiger charge is 2.34.